The van der Waals surface area contributed by atoms with Gasteiger partial charge in [0, 0.05) is 13.6 Å². The van der Waals surface area contributed by atoms with Crippen LogP contribution in [-0.4, -0.2) is 14.5 Å². The van der Waals surface area contributed by atoms with E-state index in [4.69, 9.17) is 5.73 Å². The first kappa shape index (κ1) is 11.1. The molecule has 0 bridgehead atoms. The quantitative estimate of drug-likeness (QED) is 0.851. The molecule has 4 nitrogen and oxygen atoms in total. The number of aromatic nitrogens is 3. The molecule has 0 aromatic carbocycles. The fraction of sp³-hybridized carbons (Fsp3) is 0.500. The van der Waals surface area contributed by atoms with Gasteiger partial charge in [0.25, 0.3) is 0 Å². The van der Waals surface area contributed by atoms with Gasteiger partial charge in [0.15, 0.2) is 0 Å². The second-order valence-corrected chi connectivity index (χ2v) is 4.59. The van der Waals surface area contributed by atoms with Crippen LogP contribution in [0.15, 0.2) is 12.4 Å². The van der Waals surface area contributed by atoms with Crippen LogP contribution in [0.4, 0.5) is 0 Å². The number of hydrogen-bond acceptors (Lipinski definition) is 3. The van der Waals surface area contributed by atoms with Crippen molar-refractivity contribution in [1.82, 2.24) is 14.5 Å². The molecule has 0 atom stereocenters. The maximum atomic E-state index is 5.65. The smallest absolute Gasteiger partial charge is 0.0956 e. The monoisotopic (exact) mass is 218 g/mol. The Bertz CT molecular complexity index is 499. The van der Waals surface area contributed by atoms with E-state index in [0.717, 1.165) is 28.8 Å². The fourth-order valence-electron chi connectivity index (χ4n) is 1.96. The largest absolute Gasteiger partial charge is 0.332 e. The van der Waals surface area contributed by atoms with Gasteiger partial charge in [-0.1, -0.05) is 13.8 Å². The summed E-state index contributed by atoms with van der Waals surface area (Å²) >= 11 is 0. The summed E-state index contributed by atoms with van der Waals surface area (Å²) in [7, 11) is 2.00. The summed E-state index contributed by atoms with van der Waals surface area (Å²) in [6.45, 7) is 4.86. The summed E-state index contributed by atoms with van der Waals surface area (Å²) in [5.74, 6) is 0.582. The van der Waals surface area contributed by atoms with E-state index in [0.29, 0.717) is 12.5 Å². The number of fused-ring (bicyclic) bond motifs is 1. The number of aryl methyl sites for hydroxylation is 1. The van der Waals surface area contributed by atoms with Crippen LogP contribution in [0.5, 0.6) is 0 Å². The van der Waals surface area contributed by atoms with Gasteiger partial charge in [-0.25, -0.2) is 4.98 Å². The molecule has 4 heteroatoms. The highest BCUT2D eigenvalue weighted by atomic mass is 15.0. The lowest BCUT2D eigenvalue weighted by Crippen LogP contribution is -2.06. The molecule has 0 saturated heterocycles. The average Bonchev–Trinajstić information content (AvgIpc) is 2.59. The number of imidazole rings is 1. The molecule has 2 aromatic heterocycles. The van der Waals surface area contributed by atoms with E-state index in [2.05, 4.69) is 23.8 Å². The standard InChI is InChI=1S/C12H18N4/c1-8(2)4-11-12-10(14-7-16(12)3)5-9(6-13)15-11/h5,7-8H,4,6,13H2,1-3H3. The first-order chi connectivity index (χ1) is 7.61. The highest BCUT2D eigenvalue weighted by Gasteiger charge is 2.11. The van der Waals surface area contributed by atoms with Crippen molar-refractivity contribution < 1.29 is 0 Å². The van der Waals surface area contributed by atoms with Crippen molar-refractivity contribution in [1.29, 1.82) is 0 Å². The van der Waals surface area contributed by atoms with Crippen molar-refractivity contribution in [3.05, 3.63) is 23.8 Å². The van der Waals surface area contributed by atoms with Crippen molar-refractivity contribution in [2.75, 3.05) is 0 Å². The van der Waals surface area contributed by atoms with Crippen LogP contribution >= 0.6 is 0 Å². The van der Waals surface area contributed by atoms with Gasteiger partial charge >= 0.3 is 0 Å². The van der Waals surface area contributed by atoms with Crippen LogP contribution in [0.25, 0.3) is 11.0 Å². The molecule has 0 aliphatic rings. The molecule has 0 aliphatic heterocycles. The van der Waals surface area contributed by atoms with Crippen LogP contribution in [-0.2, 0) is 20.0 Å². The highest BCUT2D eigenvalue weighted by Crippen LogP contribution is 2.19. The minimum atomic E-state index is 0.470. The van der Waals surface area contributed by atoms with E-state index in [9.17, 15) is 0 Å². The first-order valence-corrected chi connectivity index (χ1v) is 5.61. The van der Waals surface area contributed by atoms with Crippen LogP contribution in [0.3, 0.4) is 0 Å². The maximum Gasteiger partial charge on any atom is 0.0956 e. The molecule has 2 N–H and O–H groups in total. The molecule has 0 spiro atoms. The van der Waals surface area contributed by atoms with Crippen molar-refractivity contribution in [3.8, 4) is 0 Å². The number of nitrogens with two attached hydrogens (primary N) is 1. The molecule has 0 radical (unpaired) electrons. The Morgan fingerprint density at radius 1 is 1.44 bits per heavy atom. The summed E-state index contributed by atoms with van der Waals surface area (Å²) in [5, 5.41) is 0. The maximum absolute atomic E-state index is 5.65. The fourth-order valence-corrected chi connectivity index (χ4v) is 1.96. The molecular formula is C12H18N4. The Morgan fingerprint density at radius 3 is 2.81 bits per heavy atom. The van der Waals surface area contributed by atoms with Gasteiger partial charge < -0.3 is 10.3 Å². The van der Waals surface area contributed by atoms with Gasteiger partial charge in [-0.05, 0) is 18.4 Å². The predicted octanol–water partition coefficient (Wildman–Crippen LogP) is 1.63. The Kier molecular flexibility index (Phi) is 2.92. The van der Waals surface area contributed by atoms with Gasteiger partial charge in [0.05, 0.1) is 28.7 Å². The molecule has 0 saturated carbocycles. The first-order valence-electron chi connectivity index (χ1n) is 5.61. The zero-order chi connectivity index (χ0) is 11.7. The third kappa shape index (κ3) is 1.93. The third-order valence-electron chi connectivity index (χ3n) is 2.63. The lowest BCUT2D eigenvalue weighted by molar-refractivity contribution is 0.634. The number of pyridine rings is 1. The normalized spacial score (nSPS) is 11.6. The van der Waals surface area contributed by atoms with E-state index in [1.807, 2.05) is 24.0 Å². The van der Waals surface area contributed by atoms with E-state index < -0.39 is 0 Å². The third-order valence-corrected chi connectivity index (χ3v) is 2.63. The van der Waals surface area contributed by atoms with Crippen LogP contribution in [0, 0.1) is 5.92 Å². The predicted molar refractivity (Wildman–Crippen MR) is 64.9 cm³/mol. The molecule has 16 heavy (non-hydrogen) atoms. The topological polar surface area (TPSA) is 56.7 Å². The Balaban J connectivity index is 2.61. The Morgan fingerprint density at radius 2 is 2.19 bits per heavy atom. The molecular weight excluding hydrogens is 200 g/mol. The average molecular weight is 218 g/mol. The van der Waals surface area contributed by atoms with Crippen molar-refractivity contribution >= 4 is 11.0 Å². The second kappa shape index (κ2) is 4.22. The Hall–Kier alpha value is -1.42. The summed E-state index contributed by atoms with van der Waals surface area (Å²) in [6.07, 6.45) is 2.79. The summed E-state index contributed by atoms with van der Waals surface area (Å²) in [6, 6.07) is 1.97. The van der Waals surface area contributed by atoms with Crippen molar-refractivity contribution in [2.24, 2.45) is 18.7 Å². The second-order valence-electron chi connectivity index (χ2n) is 4.59. The summed E-state index contributed by atoms with van der Waals surface area (Å²) in [5.41, 5.74) is 9.80. The van der Waals surface area contributed by atoms with Crippen LogP contribution in [0.2, 0.25) is 0 Å². The number of rotatable bonds is 3. The van der Waals surface area contributed by atoms with Gasteiger partial charge in [-0.3, -0.25) is 4.98 Å². The summed E-state index contributed by atoms with van der Waals surface area (Å²) in [4.78, 5) is 8.97. The van der Waals surface area contributed by atoms with Crippen molar-refractivity contribution in [3.63, 3.8) is 0 Å². The van der Waals surface area contributed by atoms with E-state index in [-0.39, 0.29) is 0 Å². The molecule has 0 aliphatic carbocycles. The minimum Gasteiger partial charge on any atom is -0.332 e. The van der Waals surface area contributed by atoms with Gasteiger partial charge in [-0.2, -0.15) is 0 Å². The van der Waals surface area contributed by atoms with E-state index in [1.54, 1.807) is 0 Å². The lowest BCUT2D eigenvalue weighted by atomic mass is 10.1. The summed E-state index contributed by atoms with van der Waals surface area (Å²) < 4.78 is 2.03. The number of hydrogen-bond donors (Lipinski definition) is 1. The zero-order valence-electron chi connectivity index (χ0n) is 10.1. The minimum absolute atomic E-state index is 0.470. The van der Waals surface area contributed by atoms with Gasteiger partial charge in [-0.15, -0.1) is 0 Å². The molecule has 0 amide bonds. The zero-order valence-corrected chi connectivity index (χ0v) is 10.1. The molecule has 86 valence electrons. The number of nitrogens with zero attached hydrogens (tertiary/aromatic N) is 3. The van der Waals surface area contributed by atoms with Crippen molar-refractivity contribution in [2.45, 2.75) is 26.8 Å². The molecule has 2 heterocycles. The molecule has 0 unspecified atom stereocenters. The van der Waals surface area contributed by atoms with E-state index >= 15 is 0 Å². The Labute approximate surface area is 95.5 Å². The van der Waals surface area contributed by atoms with Gasteiger partial charge in [0.1, 0.15) is 0 Å². The van der Waals surface area contributed by atoms with Crippen LogP contribution < -0.4 is 5.73 Å². The van der Waals surface area contributed by atoms with Gasteiger partial charge in [0.2, 0.25) is 0 Å². The lowest BCUT2D eigenvalue weighted by Gasteiger charge is -2.09. The molecule has 0 fully saturated rings. The SMILES string of the molecule is CC(C)Cc1nc(CN)cc2ncn(C)c12. The van der Waals surface area contributed by atoms with Crippen LogP contribution in [0.1, 0.15) is 25.2 Å². The van der Waals surface area contributed by atoms with E-state index in [1.165, 1.54) is 0 Å². The molecule has 2 aromatic rings. The highest BCUT2D eigenvalue weighted by molar-refractivity contribution is 5.78. The molecule has 2 rings (SSSR count).